The lowest BCUT2D eigenvalue weighted by molar-refractivity contribution is 0.0700. The third-order valence-electron chi connectivity index (χ3n) is 4.70. The monoisotopic (exact) mass is 335 g/mol. The van der Waals surface area contributed by atoms with Gasteiger partial charge in [-0.1, -0.05) is 24.3 Å². The summed E-state index contributed by atoms with van der Waals surface area (Å²) in [6.07, 6.45) is 0.890. The van der Waals surface area contributed by atoms with Crippen LogP contribution in [0.2, 0.25) is 0 Å². The van der Waals surface area contributed by atoms with Crippen molar-refractivity contribution in [1.82, 2.24) is 14.7 Å². The Morgan fingerprint density at radius 1 is 1.16 bits per heavy atom. The van der Waals surface area contributed by atoms with Crippen molar-refractivity contribution in [3.8, 4) is 0 Å². The number of carbonyl (C=O) groups is 1. The SMILES string of the molecule is Cc1cc(C)n(Cc2ccc(C(=O)N3CCc4ccccc4C3)o2)n1. The van der Waals surface area contributed by atoms with Gasteiger partial charge in [0.05, 0.1) is 12.2 Å². The average molecular weight is 335 g/mol. The van der Waals surface area contributed by atoms with Crippen LogP contribution < -0.4 is 0 Å². The molecule has 0 fully saturated rings. The summed E-state index contributed by atoms with van der Waals surface area (Å²) in [4.78, 5) is 14.6. The molecule has 0 bridgehead atoms. The van der Waals surface area contributed by atoms with E-state index in [0.29, 0.717) is 18.8 Å². The van der Waals surface area contributed by atoms with Gasteiger partial charge in [-0.15, -0.1) is 0 Å². The number of furan rings is 1. The maximum absolute atomic E-state index is 12.8. The van der Waals surface area contributed by atoms with Gasteiger partial charge in [0.2, 0.25) is 0 Å². The minimum atomic E-state index is -0.0471. The van der Waals surface area contributed by atoms with E-state index in [9.17, 15) is 4.79 Å². The van der Waals surface area contributed by atoms with Crippen LogP contribution in [0, 0.1) is 13.8 Å². The summed E-state index contributed by atoms with van der Waals surface area (Å²) >= 11 is 0. The highest BCUT2D eigenvalue weighted by molar-refractivity contribution is 5.91. The van der Waals surface area contributed by atoms with Crippen LogP contribution >= 0.6 is 0 Å². The van der Waals surface area contributed by atoms with E-state index in [4.69, 9.17) is 4.42 Å². The van der Waals surface area contributed by atoms with Gasteiger partial charge in [0.1, 0.15) is 5.76 Å². The summed E-state index contributed by atoms with van der Waals surface area (Å²) in [7, 11) is 0. The van der Waals surface area contributed by atoms with Crippen molar-refractivity contribution in [3.05, 3.63) is 76.5 Å². The summed E-state index contributed by atoms with van der Waals surface area (Å²) in [5.74, 6) is 1.09. The van der Waals surface area contributed by atoms with Crippen LogP contribution in [0.5, 0.6) is 0 Å². The van der Waals surface area contributed by atoms with Crippen LogP contribution in [0.25, 0.3) is 0 Å². The molecule has 0 saturated heterocycles. The van der Waals surface area contributed by atoms with E-state index < -0.39 is 0 Å². The molecule has 3 heterocycles. The Labute approximate surface area is 146 Å². The summed E-state index contributed by atoms with van der Waals surface area (Å²) in [6.45, 7) is 5.89. The summed E-state index contributed by atoms with van der Waals surface area (Å²) < 4.78 is 7.69. The normalized spacial score (nSPS) is 13.8. The lowest BCUT2D eigenvalue weighted by Gasteiger charge is -2.28. The fraction of sp³-hybridized carbons (Fsp3) is 0.300. The molecule has 0 radical (unpaired) electrons. The van der Waals surface area contributed by atoms with Gasteiger partial charge in [0, 0.05) is 18.8 Å². The van der Waals surface area contributed by atoms with E-state index in [1.165, 1.54) is 11.1 Å². The number of amides is 1. The van der Waals surface area contributed by atoms with Gasteiger partial charge in [-0.25, -0.2) is 0 Å². The average Bonchev–Trinajstić information content (AvgIpc) is 3.20. The zero-order valence-corrected chi connectivity index (χ0v) is 14.5. The second-order valence-corrected chi connectivity index (χ2v) is 6.60. The van der Waals surface area contributed by atoms with E-state index in [2.05, 4.69) is 17.2 Å². The molecule has 4 rings (SSSR count). The summed E-state index contributed by atoms with van der Waals surface area (Å²) in [5, 5.41) is 4.44. The number of rotatable bonds is 3. The Bertz CT molecular complexity index is 923. The summed E-state index contributed by atoms with van der Waals surface area (Å²) in [6, 6.07) is 14.0. The first kappa shape index (κ1) is 15.7. The van der Waals surface area contributed by atoms with Crippen molar-refractivity contribution in [1.29, 1.82) is 0 Å². The summed E-state index contributed by atoms with van der Waals surface area (Å²) in [5.41, 5.74) is 4.61. The number of aryl methyl sites for hydroxylation is 2. The molecule has 5 nitrogen and oxygen atoms in total. The van der Waals surface area contributed by atoms with Gasteiger partial charge in [0.15, 0.2) is 5.76 Å². The largest absolute Gasteiger partial charge is 0.454 e. The van der Waals surface area contributed by atoms with Crippen LogP contribution in [0.1, 0.15) is 38.8 Å². The van der Waals surface area contributed by atoms with E-state index in [0.717, 1.165) is 30.1 Å². The van der Waals surface area contributed by atoms with Crippen molar-refractivity contribution in [3.63, 3.8) is 0 Å². The van der Waals surface area contributed by atoms with Gasteiger partial charge >= 0.3 is 0 Å². The number of nitrogens with zero attached hydrogens (tertiary/aromatic N) is 3. The number of aromatic nitrogens is 2. The topological polar surface area (TPSA) is 51.3 Å². The molecule has 2 aromatic heterocycles. The first-order chi connectivity index (χ1) is 12.1. The highest BCUT2D eigenvalue weighted by Gasteiger charge is 2.23. The molecule has 1 amide bonds. The predicted molar refractivity (Wildman–Crippen MR) is 94.4 cm³/mol. The third kappa shape index (κ3) is 3.09. The molecule has 0 spiro atoms. The van der Waals surface area contributed by atoms with Gasteiger partial charge in [-0.2, -0.15) is 5.10 Å². The Morgan fingerprint density at radius 2 is 1.96 bits per heavy atom. The molecule has 3 aromatic rings. The number of fused-ring (bicyclic) bond motifs is 1. The molecule has 1 aliphatic heterocycles. The standard InChI is InChI=1S/C20H21N3O2/c1-14-11-15(2)23(21-14)13-18-7-8-19(25-18)20(24)22-10-9-16-5-3-4-6-17(16)12-22/h3-8,11H,9-10,12-13H2,1-2H3. The molecular formula is C20H21N3O2. The van der Waals surface area contributed by atoms with Crippen molar-refractivity contribution in [2.24, 2.45) is 0 Å². The predicted octanol–water partition coefficient (Wildman–Crippen LogP) is 3.34. The zero-order chi connectivity index (χ0) is 17.4. The van der Waals surface area contributed by atoms with E-state index >= 15 is 0 Å². The van der Waals surface area contributed by atoms with Crippen molar-refractivity contribution >= 4 is 5.91 Å². The van der Waals surface area contributed by atoms with Gasteiger partial charge in [0.25, 0.3) is 5.91 Å². The van der Waals surface area contributed by atoms with Crippen LogP contribution in [-0.2, 0) is 19.5 Å². The molecule has 0 atom stereocenters. The highest BCUT2D eigenvalue weighted by Crippen LogP contribution is 2.21. The van der Waals surface area contributed by atoms with Crippen LogP contribution in [0.15, 0.2) is 46.9 Å². The number of hydrogen-bond donors (Lipinski definition) is 0. The van der Waals surface area contributed by atoms with E-state index in [1.807, 2.05) is 47.7 Å². The van der Waals surface area contributed by atoms with Gasteiger partial charge < -0.3 is 9.32 Å². The maximum Gasteiger partial charge on any atom is 0.289 e. The van der Waals surface area contributed by atoms with Crippen LogP contribution in [-0.4, -0.2) is 27.1 Å². The fourth-order valence-electron chi connectivity index (χ4n) is 3.39. The molecule has 1 aromatic carbocycles. The van der Waals surface area contributed by atoms with Crippen molar-refractivity contribution in [2.45, 2.75) is 33.4 Å². The molecule has 0 aliphatic carbocycles. The Kier molecular flexibility index (Phi) is 3.92. The molecule has 25 heavy (non-hydrogen) atoms. The Balaban J connectivity index is 1.49. The molecule has 0 N–H and O–H groups in total. The zero-order valence-electron chi connectivity index (χ0n) is 14.5. The lowest BCUT2D eigenvalue weighted by atomic mass is 10.00. The molecule has 0 unspecified atom stereocenters. The van der Waals surface area contributed by atoms with E-state index in [1.54, 1.807) is 6.07 Å². The molecule has 0 saturated carbocycles. The number of carbonyl (C=O) groups excluding carboxylic acids is 1. The second-order valence-electron chi connectivity index (χ2n) is 6.60. The Hall–Kier alpha value is -2.82. The Morgan fingerprint density at radius 3 is 2.72 bits per heavy atom. The minimum Gasteiger partial charge on any atom is -0.454 e. The smallest absolute Gasteiger partial charge is 0.289 e. The molecule has 5 heteroatoms. The fourth-order valence-corrected chi connectivity index (χ4v) is 3.39. The third-order valence-corrected chi connectivity index (χ3v) is 4.70. The number of hydrogen-bond acceptors (Lipinski definition) is 3. The molecular weight excluding hydrogens is 314 g/mol. The second kappa shape index (κ2) is 6.24. The maximum atomic E-state index is 12.8. The van der Waals surface area contributed by atoms with Gasteiger partial charge in [-0.05, 0) is 49.6 Å². The molecule has 1 aliphatic rings. The van der Waals surface area contributed by atoms with E-state index in [-0.39, 0.29) is 5.91 Å². The lowest BCUT2D eigenvalue weighted by Crippen LogP contribution is -2.35. The van der Waals surface area contributed by atoms with Crippen LogP contribution in [0.3, 0.4) is 0 Å². The molecule has 128 valence electrons. The quantitative estimate of drug-likeness (QED) is 0.738. The first-order valence-corrected chi connectivity index (χ1v) is 8.56. The minimum absolute atomic E-state index is 0.0471. The van der Waals surface area contributed by atoms with Crippen molar-refractivity contribution in [2.75, 3.05) is 6.54 Å². The van der Waals surface area contributed by atoms with Gasteiger partial charge in [-0.3, -0.25) is 9.48 Å². The van der Waals surface area contributed by atoms with Crippen molar-refractivity contribution < 1.29 is 9.21 Å². The highest BCUT2D eigenvalue weighted by atomic mass is 16.4. The first-order valence-electron chi connectivity index (χ1n) is 8.56. The van der Waals surface area contributed by atoms with Crippen LogP contribution in [0.4, 0.5) is 0 Å². The number of benzene rings is 1.